The number of nitrogens with one attached hydrogen (secondary N) is 1. The summed E-state index contributed by atoms with van der Waals surface area (Å²) < 4.78 is 6.84. The van der Waals surface area contributed by atoms with Gasteiger partial charge in [0.15, 0.2) is 0 Å². The van der Waals surface area contributed by atoms with Gasteiger partial charge >= 0.3 is 0 Å². The topological polar surface area (TPSA) is 21.3 Å². The van der Waals surface area contributed by atoms with Crippen LogP contribution in [0.1, 0.15) is 17.7 Å². The molecular weight excluding hydrogens is 274 g/mol. The zero-order valence-electron chi connectivity index (χ0n) is 8.67. The van der Waals surface area contributed by atoms with Crippen LogP contribution >= 0.6 is 27.3 Å². The van der Waals surface area contributed by atoms with E-state index in [9.17, 15) is 0 Å². The van der Waals surface area contributed by atoms with Crippen LogP contribution in [0, 0.1) is 5.92 Å². The molecule has 0 radical (unpaired) electrons. The van der Waals surface area contributed by atoms with Gasteiger partial charge in [-0.3, -0.25) is 0 Å². The molecule has 1 fully saturated rings. The first kappa shape index (κ1) is 11.6. The lowest BCUT2D eigenvalue weighted by Gasteiger charge is -2.07. The first-order valence-electron chi connectivity index (χ1n) is 5.37. The van der Waals surface area contributed by atoms with E-state index in [1.807, 2.05) is 0 Å². The number of halogens is 1. The second kappa shape index (κ2) is 5.99. The zero-order chi connectivity index (χ0) is 10.5. The molecule has 1 unspecified atom stereocenters. The Morgan fingerprint density at radius 2 is 2.47 bits per heavy atom. The highest BCUT2D eigenvalue weighted by molar-refractivity contribution is 9.11. The van der Waals surface area contributed by atoms with Gasteiger partial charge in [0, 0.05) is 11.5 Å². The Balaban J connectivity index is 1.58. The second-order valence-electron chi connectivity index (χ2n) is 3.91. The van der Waals surface area contributed by atoms with Crippen LogP contribution in [0.5, 0.6) is 0 Å². The summed E-state index contributed by atoms with van der Waals surface area (Å²) in [5, 5.41) is 3.37. The molecule has 0 aromatic carbocycles. The Bertz CT molecular complexity index is 297. The van der Waals surface area contributed by atoms with Crippen LogP contribution in [0.3, 0.4) is 0 Å². The van der Waals surface area contributed by atoms with E-state index in [1.54, 1.807) is 11.3 Å². The van der Waals surface area contributed by atoms with Crippen molar-refractivity contribution in [3.05, 3.63) is 20.8 Å². The molecule has 1 aromatic rings. The molecule has 1 aliphatic rings. The number of rotatable bonds is 5. The molecule has 2 heterocycles. The van der Waals surface area contributed by atoms with Crippen molar-refractivity contribution in [2.45, 2.75) is 19.4 Å². The van der Waals surface area contributed by atoms with E-state index >= 15 is 0 Å². The summed E-state index contributed by atoms with van der Waals surface area (Å²) in [5.41, 5.74) is 0. The summed E-state index contributed by atoms with van der Waals surface area (Å²) in [6, 6.07) is 4.19. The van der Waals surface area contributed by atoms with Crippen molar-refractivity contribution >= 4 is 27.3 Å². The first-order chi connectivity index (χ1) is 7.34. The lowest BCUT2D eigenvalue weighted by atomic mass is 10.1. The Labute approximate surface area is 103 Å². The summed E-state index contributed by atoms with van der Waals surface area (Å²) in [5.74, 6) is 0.833. The van der Waals surface area contributed by atoms with Gasteiger partial charge in [-0.25, -0.2) is 0 Å². The maximum Gasteiger partial charge on any atom is 0.0809 e. The normalized spacial score (nSPS) is 21.0. The predicted molar refractivity (Wildman–Crippen MR) is 67.3 cm³/mol. The van der Waals surface area contributed by atoms with Gasteiger partial charge in [-0.2, -0.15) is 0 Å². The van der Waals surface area contributed by atoms with Crippen molar-refractivity contribution in [3.8, 4) is 0 Å². The van der Waals surface area contributed by atoms with Crippen LogP contribution in [0.25, 0.3) is 0 Å². The van der Waals surface area contributed by atoms with Crippen LogP contribution in [-0.2, 0) is 11.3 Å². The van der Waals surface area contributed by atoms with Crippen LogP contribution in [-0.4, -0.2) is 19.7 Å². The lowest BCUT2D eigenvalue weighted by molar-refractivity contribution is 0.111. The summed E-state index contributed by atoms with van der Waals surface area (Å²) in [7, 11) is 0. The maximum absolute atomic E-state index is 5.66. The third-order valence-electron chi connectivity index (χ3n) is 2.71. The van der Waals surface area contributed by atoms with Gasteiger partial charge in [-0.1, -0.05) is 0 Å². The van der Waals surface area contributed by atoms with Gasteiger partial charge in [0.05, 0.1) is 10.4 Å². The summed E-state index contributed by atoms with van der Waals surface area (Å²) >= 11 is 5.20. The van der Waals surface area contributed by atoms with Crippen LogP contribution in [0.4, 0.5) is 0 Å². The fourth-order valence-corrected chi connectivity index (χ4v) is 3.23. The molecule has 84 valence electrons. The van der Waals surface area contributed by atoms with E-state index in [0.717, 1.165) is 19.1 Å². The van der Waals surface area contributed by atoms with E-state index in [1.165, 1.54) is 34.6 Å². The van der Waals surface area contributed by atoms with Crippen molar-refractivity contribution < 1.29 is 4.74 Å². The first-order valence-corrected chi connectivity index (χ1v) is 6.98. The minimum atomic E-state index is 0.760. The molecule has 0 bridgehead atoms. The minimum Gasteiger partial charge on any atom is -0.376 e. The van der Waals surface area contributed by atoms with Gasteiger partial charge in [0.25, 0.3) is 0 Å². The number of hydrogen-bond donors (Lipinski definition) is 1. The third kappa shape index (κ3) is 3.87. The zero-order valence-corrected chi connectivity index (χ0v) is 11.1. The molecule has 1 saturated heterocycles. The molecule has 2 rings (SSSR count). The maximum atomic E-state index is 5.66. The molecule has 1 N–H and O–H groups in total. The highest BCUT2D eigenvalue weighted by Gasteiger charge is 2.13. The molecule has 4 heteroatoms. The SMILES string of the molecule is Brc1ccc(COCCC2CCNC2)s1. The third-order valence-corrected chi connectivity index (χ3v) is 4.30. The molecule has 1 atom stereocenters. The van der Waals surface area contributed by atoms with Crippen molar-refractivity contribution in [2.75, 3.05) is 19.7 Å². The van der Waals surface area contributed by atoms with Gasteiger partial charge in [0.2, 0.25) is 0 Å². The van der Waals surface area contributed by atoms with Crippen LogP contribution in [0.15, 0.2) is 15.9 Å². The number of ether oxygens (including phenoxy) is 1. The average molecular weight is 290 g/mol. The smallest absolute Gasteiger partial charge is 0.0809 e. The predicted octanol–water partition coefficient (Wildman–Crippen LogP) is 3.03. The highest BCUT2D eigenvalue weighted by atomic mass is 79.9. The summed E-state index contributed by atoms with van der Waals surface area (Å²) in [6.45, 7) is 4.01. The molecular formula is C11H16BrNOS. The van der Waals surface area contributed by atoms with Crippen molar-refractivity contribution in [3.63, 3.8) is 0 Å². The fraction of sp³-hybridized carbons (Fsp3) is 0.636. The van der Waals surface area contributed by atoms with Crippen molar-refractivity contribution in [1.29, 1.82) is 0 Å². The molecule has 0 aliphatic carbocycles. The van der Waals surface area contributed by atoms with E-state index in [2.05, 4.69) is 33.4 Å². The van der Waals surface area contributed by atoms with Crippen molar-refractivity contribution in [1.82, 2.24) is 5.32 Å². The molecule has 1 aliphatic heterocycles. The van der Waals surface area contributed by atoms with E-state index < -0.39 is 0 Å². The quantitative estimate of drug-likeness (QED) is 0.842. The monoisotopic (exact) mass is 289 g/mol. The fourth-order valence-electron chi connectivity index (χ4n) is 1.81. The molecule has 1 aromatic heterocycles. The Kier molecular flexibility index (Phi) is 4.62. The molecule has 0 spiro atoms. The standard InChI is InChI=1S/C11H16BrNOS/c12-11-2-1-10(15-11)8-14-6-4-9-3-5-13-7-9/h1-2,9,13H,3-8H2. The number of thiophene rings is 1. The highest BCUT2D eigenvalue weighted by Crippen LogP contribution is 2.22. The van der Waals surface area contributed by atoms with E-state index in [-0.39, 0.29) is 0 Å². The minimum absolute atomic E-state index is 0.760. The Hall–Kier alpha value is 0.1000. The molecule has 2 nitrogen and oxygen atoms in total. The summed E-state index contributed by atoms with van der Waals surface area (Å²) in [4.78, 5) is 1.30. The molecule has 0 saturated carbocycles. The second-order valence-corrected chi connectivity index (χ2v) is 6.45. The average Bonchev–Trinajstić information content (AvgIpc) is 2.84. The Morgan fingerprint density at radius 3 is 3.13 bits per heavy atom. The van der Waals surface area contributed by atoms with Crippen LogP contribution in [0.2, 0.25) is 0 Å². The van der Waals surface area contributed by atoms with Crippen LogP contribution < -0.4 is 5.32 Å². The summed E-state index contributed by atoms with van der Waals surface area (Å²) in [6.07, 6.45) is 2.51. The lowest BCUT2D eigenvalue weighted by Crippen LogP contribution is -2.10. The largest absolute Gasteiger partial charge is 0.376 e. The van der Waals surface area contributed by atoms with Gasteiger partial charge in [-0.15, -0.1) is 11.3 Å². The Morgan fingerprint density at radius 1 is 1.53 bits per heavy atom. The van der Waals surface area contributed by atoms with Crippen molar-refractivity contribution in [2.24, 2.45) is 5.92 Å². The number of hydrogen-bond acceptors (Lipinski definition) is 3. The van der Waals surface area contributed by atoms with E-state index in [0.29, 0.717) is 0 Å². The van der Waals surface area contributed by atoms with Gasteiger partial charge < -0.3 is 10.1 Å². The van der Waals surface area contributed by atoms with Gasteiger partial charge in [0.1, 0.15) is 0 Å². The molecule has 15 heavy (non-hydrogen) atoms. The van der Waals surface area contributed by atoms with Gasteiger partial charge in [-0.05, 0) is 59.9 Å². The van der Waals surface area contributed by atoms with E-state index in [4.69, 9.17) is 4.74 Å². The molecule has 0 amide bonds.